The van der Waals surface area contributed by atoms with E-state index >= 15 is 0 Å². The van der Waals surface area contributed by atoms with Crippen LogP contribution in [-0.2, 0) is 19.3 Å². The van der Waals surface area contributed by atoms with Crippen LogP contribution in [-0.4, -0.2) is 38.4 Å². The van der Waals surface area contributed by atoms with Crippen molar-refractivity contribution in [2.75, 3.05) is 19.0 Å². The number of ether oxygens (including phenoxy) is 2. The molecule has 1 aliphatic heterocycles. The molecule has 0 spiro atoms. The summed E-state index contributed by atoms with van der Waals surface area (Å²) in [7, 11) is -3.49. The molecule has 164 valence electrons. The van der Waals surface area contributed by atoms with Gasteiger partial charge in [0.1, 0.15) is 0 Å². The van der Waals surface area contributed by atoms with Crippen LogP contribution in [0.3, 0.4) is 0 Å². The van der Waals surface area contributed by atoms with Gasteiger partial charge in [0.2, 0.25) is 0 Å². The maximum absolute atomic E-state index is 13.7. The molecule has 2 atom stereocenters. The lowest BCUT2D eigenvalue weighted by atomic mass is 9.91. The molecule has 1 saturated heterocycles. The van der Waals surface area contributed by atoms with Gasteiger partial charge in [0.25, 0.3) is 0 Å². The maximum atomic E-state index is 13.7. The summed E-state index contributed by atoms with van der Waals surface area (Å²) in [5.74, 6) is 0.281. The molecule has 0 saturated carbocycles. The number of thioether (sulfide) groups is 1. The predicted molar refractivity (Wildman–Crippen MR) is 122 cm³/mol. The van der Waals surface area contributed by atoms with E-state index in [0.717, 1.165) is 10.6 Å². The highest BCUT2D eigenvalue weighted by molar-refractivity contribution is 7.99. The van der Waals surface area contributed by atoms with Gasteiger partial charge in [-0.25, -0.2) is 8.42 Å². The number of rotatable bonds is 10. The fourth-order valence-corrected chi connectivity index (χ4v) is 7.59. The Morgan fingerprint density at radius 3 is 2.10 bits per heavy atom. The van der Waals surface area contributed by atoms with Crippen LogP contribution in [0.25, 0.3) is 0 Å². The number of benzene rings is 2. The smallest absolute Gasteiger partial charge is 0.181 e. The highest BCUT2D eigenvalue weighted by Crippen LogP contribution is 2.36. The summed E-state index contributed by atoms with van der Waals surface area (Å²) in [5, 5.41) is -0.499. The van der Waals surface area contributed by atoms with Crippen molar-refractivity contribution in [1.82, 2.24) is 0 Å². The lowest BCUT2D eigenvalue weighted by Crippen LogP contribution is -2.37. The molecule has 3 rings (SSSR count). The summed E-state index contributed by atoms with van der Waals surface area (Å²) >= 11 is 1.73. The van der Waals surface area contributed by atoms with E-state index in [9.17, 15) is 8.42 Å². The SMILES string of the molecule is CC(C)[C@@H](CSc1ccccc1)[C@H](CCC1(C)OCCO1)S(=O)(=O)c1ccccc1. The molecule has 30 heavy (non-hydrogen) atoms. The zero-order chi connectivity index (χ0) is 21.6. The Hall–Kier alpha value is -1.34. The van der Waals surface area contributed by atoms with E-state index in [4.69, 9.17) is 9.47 Å². The van der Waals surface area contributed by atoms with Crippen molar-refractivity contribution in [3.8, 4) is 0 Å². The summed E-state index contributed by atoms with van der Waals surface area (Å²) in [5.41, 5.74) is 0. The first kappa shape index (κ1) is 23.3. The van der Waals surface area contributed by atoms with Gasteiger partial charge < -0.3 is 9.47 Å². The average Bonchev–Trinajstić information content (AvgIpc) is 3.18. The number of hydrogen-bond acceptors (Lipinski definition) is 5. The van der Waals surface area contributed by atoms with Gasteiger partial charge in [-0.3, -0.25) is 0 Å². The molecule has 2 aromatic rings. The van der Waals surface area contributed by atoms with Crippen LogP contribution in [0.1, 0.15) is 33.6 Å². The minimum absolute atomic E-state index is 0.00501. The molecule has 6 heteroatoms. The van der Waals surface area contributed by atoms with Crippen molar-refractivity contribution in [1.29, 1.82) is 0 Å². The van der Waals surface area contributed by atoms with E-state index in [1.807, 2.05) is 31.2 Å². The second kappa shape index (κ2) is 10.3. The van der Waals surface area contributed by atoms with Crippen molar-refractivity contribution < 1.29 is 17.9 Å². The monoisotopic (exact) mass is 448 g/mol. The number of hydrogen-bond donors (Lipinski definition) is 0. The second-order valence-electron chi connectivity index (χ2n) is 8.30. The molecule has 1 aliphatic rings. The van der Waals surface area contributed by atoms with Crippen LogP contribution in [0.5, 0.6) is 0 Å². The van der Waals surface area contributed by atoms with Gasteiger partial charge in [0.15, 0.2) is 15.6 Å². The first-order chi connectivity index (χ1) is 14.3. The molecular formula is C24H32O4S2. The molecule has 2 aromatic carbocycles. The Balaban J connectivity index is 1.86. The largest absolute Gasteiger partial charge is 0.348 e. The van der Waals surface area contributed by atoms with Crippen molar-refractivity contribution in [3.63, 3.8) is 0 Å². The Bertz CT molecular complexity index is 876. The Morgan fingerprint density at radius 1 is 0.967 bits per heavy atom. The van der Waals surface area contributed by atoms with E-state index in [2.05, 4.69) is 26.0 Å². The first-order valence-electron chi connectivity index (χ1n) is 10.6. The zero-order valence-electron chi connectivity index (χ0n) is 18.0. The van der Waals surface area contributed by atoms with E-state index < -0.39 is 20.9 Å². The molecule has 0 radical (unpaired) electrons. The summed E-state index contributed by atoms with van der Waals surface area (Å²) in [4.78, 5) is 1.55. The Kier molecular flexibility index (Phi) is 8.02. The van der Waals surface area contributed by atoms with E-state index in [1.54, 1.807) is 36.0 Å². The molecule has 0 unspecified atom stereocenters. The van der Waals surface area contributed by atoms with E-state index in [-0.39, 0.29) is 11.8 Å². The van der Waals surface area contributed by atoms with Crippen molar-refractivity contribution in [3.05, 3.63) is 60.7 Å². The predicted octanol–water partition coefficient (Wildman–Crippen LogP) is 5.44. The third-order valence-electron chi connectivity index (χ3n) is 5.77. The number of sulfone groups is 1. The van der Waals surface area contributed by atoms with Crippen LogP contribution in [0.4, 0.5) is 0 Å². The van der Waals surface area contributed by atoms with Crippen molar-refractivity contribution in [2.45, 2.75) is 54.4 Å². The summed E-state index contributed by atoms with van der Waals surface area (Å²) in [6.07, 6.45) is 1.06. The molecule has 0 amide bonds. The van der Waals surface area contributed by atoms with E-state index in [0.29, 0.717) is 31.0 Å². The minimum atomic E-state index is -3.49. The van der Waals surface area contributed by atoms with Crippen LogP contribution in [0.2, 0.25) is 0 Å². The third kappa shape index (κ3) is 5.88. The molecule has 4 nitrogen and oxygen atoms in total. The average molecular weight is 449 g/mol. The molecule has 0 bridgehead atoms. The topological polar surface area (TPSA) is 52.6 Å². The van der Waals surface area contributed by atoms with Gasteiger partial charge in [0.05, 0.1) is 23.4 Å². The van der Waals surface area contributed by atoms with Gasteiger partial charge in [-0.15, -0.1) is 11.8 Å². The van der Waals surface area contributed by atoms with Gasteiger partial charge in [-0.05, 0) is 49.4 Å². The molecular weight excluding hydrogens is 416 g/mol. The fraction of sp³-hybridized carbons (Fsp3) is 0.500. The zero-order valence-corrected chi connectivity index (χ0v) is 19.6. The van der Waals surface area contributed by atoms with Crippen LogP contribution in [0, 0.1) is 11.8 Å². The van der Waals surface area contributed by atoms with Gasteiger partial charge in [-0.1, -0.05) is 50.2 Å². The van der Waals surface area contributed by atoms with Gasteiger partial charge in [0, 0.05) is 17.1 Å². The van der Waals surface area contributed by atoms with Crippen LogP contribution >= 0.6 is 11.8 Å². The summed E-state index contributed by atoms with van der Waals surface area (Å²) < 4.78 is 38.9. The molecule has 0 N–H and O–H groups in total. The van der Waals surface area contributed by atoms with Gasteiger partial charge >= 0.3 is 0 Å². The van der Waals surface area contributed by atoms with E-state index in [1.165, 1.54) is 0 Å². The van der Waals surface area contributed by atoms with Crippen LogP contribution < -0.4 is 0 Å². The Labute approximate surface area is 185 Å². The van der Waals surface area contributed by atoms with Crippen molar-refractivity contribution in [2.24, 2.45) is 11.8 Å². The molecule has 0 aromatic heterocycles. The third-order valence-corrected chi connectivity index (χ3v) is 9.24. The standard InChI is InChI=1S/C24H32O4S2/c1-19(2)22(18-29-20-10-6-4-7-11-20)23(14-15-24(3)27-16-17-28-24)30(25,26)21-12-8-5-9-13-21/h4-13,19,22-23H,14-18H2,1-3H3/t22-,23+/m1/s1. The quantitative estimate of drug-likeness (QED) is 0.453. The van der Waals surface area contributed by atoms with Gasteiger partial charge in [-0.2, -0.15) is 0 Å². The fourth-order valence-electron chi connectivity index (χ4n) is 3.93. The lowest BCUT2D eigenvalue weighted by molar-refractivity contribution is -0.147. The minimum Gasteiger partial charge on any atom is -0.348 e. The van der Waals surface area contributed by atoms with Crippen molar-refractivity contribution >= 4 is 21.6 Å². The lowest BCUT2D eigenvalue weighted by Gasteiger charge is -2.32. The van der Waals surface area contributed by atoms with Crippen LogP contribution in [0.15, 0.2) is 70.5 Å². The molecule has 1 fully saturated rings. The molecule has 1 heterocycles. The molecule has 0 aliphatic carbocycles. The summed E-state index contributed by atoms with van der Waals surface area (Å²) in [6.45, 7) is 7.27. The first-order valence-corrected chi connectivity index (χ1v) is 13.1. The maximum Gasteiger partial charge on any atom is 0.181 e. The highest BCUT2D eigenvalue weighted by atomic mass is 32.2. The highest BCUT2D eigenvalue weighted by Gasteiger charge is 2.39. The second-order valence-corrected chi connectivity index (χ2v) is 11.6. The summed E-state index contributed by atoms with van der Waals surface area (Å²) in [6, 6.07) is 19.0. The normalized spacial score (nSPS) is 18.4. The Morgan fingerprint density at radius 2 is 1.53 bits per heavy atom.